The zero-order valence-corrected chi connectivity index (χ0v) is 12.6. The molecular formula is C15H23N3O3. The van der Waals surface area contributed by atoms with Gasteiger partial charge in [0.15, 0.2) is 0 Å². The van der Waals surface area contributed by atoms with Gasteiger partial charge in [-0.25, -0.2) is 0 Å². The Morgan fingerprint density at radius 3 is 2.81 bits per heavy atom. The average molecular weight is 293 g/mol. The maximum Gasteiger partial charge on any atom is 0.305 e. The molecule has 0 spiro atoms. The normalized spacial score (nSPS) is 10.5. The van der Waals surface area contributed by atoms with Gasteiger partial charge in [0, 0.05) is 18.7 Å². The molecule has 0 aliphatic rings. The van der Waals surface area contributed by atoms with E-state index in [4.69, 9.17) is 5.73 Å². The topological polar surface area (TPSA) is 84.7 Å². The third-order valence-electron chi connectivity index (χ3n) is 3.01. The Bertz CT molecular complexity index is 477. The van der Waals surface area contributed by atoms with Crippen molar-refractivity contribution < 1.29 is 14.3 Å². The molecule has 0 bridgehead atoms. The first-order valence-electron chi connectivity index (χ1n) is 6.89. The molecule has 6 nitrogen and oxygen atoms in total. The van der Waals surface area contributed by atoms with E-state index in [0.717, 1.165) is 11.3 Å². The molecular weight excluding hydrogens is 270 g/mol. The second-order valence-corrected chi connectivity index (χ2v) is 4.87. The van der Waals surface area contributed by atoms with Gasteiger partial charge >= 0.3 is 5.97 Å². The molecule has 0 radical (unpaired) electrons. The zero-order valence-electron chi connectivity index (χ0n) is 12.6. The summed E-state index contributed by atoms with van der Waals surface area (Å²) in [6.07, 6.45) is 1.03. The van der Waals surface area contributed by atoms with E-state index in [1.165, 1.54) is 7.11 Å². The monoisotopic (exact) mass is 293 g/mol. The first-order valence-corrected chi connectivity index (χ1v) is 6.89. The number of anilines is 1. The van der Waals surface area contributed by atoms with Crippen LogP contribution >= 0.6 is 0 Å². The number of nitrogens with zero attached hydrogens (tertiary/aromatic N) is 1. The molecule has 0 aliphatic heterocycles. The van der Waals surface area contributed by atoms with Gasteiger partial charge in [0.1, 0.15) is 0 Å². The lowest BCUT2D eigenvalue weighted by molar-refractivity contribution is -0.140. The SMILES string of the molecule is COC(=O)CCCN(C)CC(=O)Nc1cccc(CN)c1. The third kappa shape index (κ3) is 6.87. The van der Waals surface area contributed by atoms with Crippen molar-refractivity contribution in [2.45, 2.75) is 19.4 Å². The molecule has 0 saturated heterocycles. The van der Waals surface area contributed by atoms with Crippen LogP contribution in [0.25, 0.3) is 0 Å². The fourth-order valence-corrected chi connectivity index (χ4v) is 1.90. The molecule has 0 aliphatic carbocycles. The summed E-state index contributed by atoms with van der Waals surface area (Å²) in [4.78, 5) is 24.8. The summed E-state index contributed by atoms with van der Waals surface area (Å²) in [5, 5.41) is 2.83. The smallest absolute Gasteiger partial charge is 0.305 e. The molecule has 6 heteroatoms. The van der Waals surface area contributed by atoms with Gasteiger partial charge in [-0.05, 0) is 37.7 Å². The highest BCUT2D eigenvalue weighted by Gasteiger charge is 2.08. The van der Waals surface area contributed by atoms with Crippen LogP contribution in [0.5, 0.6) is 0 Å². The first kappa shape index (κ1) is 17.1. The number of rotatable bonds is 8. The van der Waals surface area contributed by atoms with Crippen LogP contribution in [0.4, 0.5) is 5.69 Å². The summed E-state index contributed by atoms with van der Waals surface area (Å²) in [5.74, 6) is -0.323. The number of methoxy groups -OCH3 is 1. The number of carbonyl (C=O) groups excluding carboxylic acids is 2. The van der Waals surface area contributed by atoms with Gasteiger partial charge in [0.2, 0.25) is 5.91 Å². The number of nitrogens with one attached hydrogen (secondary N) is 1. The van der Waals surface area contributed by atoms with Crippen LogP contribution in [-0.2, 0) is 20.9 Å². The van der Waals surface area contributed by atoms with E-state index in [0.29, 0.717) is 25.9 Å². The van der Waals surface area contributed by atoms with E-state index in [-0.39, 0.29) is 18.4 Å². The Kier molecular flexibility index (Phi) is 7.42. The number of hydrogen-bond acceptors (Lipinski definition) is 5. The third-order valence-corrected chi connectivity index (χ3v) is 3.01. The van der Waals surface area contributed by atoms with E-state index in [9.17, 15) is 9.59 Å². The number of amides is 1. The minimum atomic E-state index is -0.230. The summed E-state index contributed by atoms with van der Waals surface area (Å²) >= 11 is 0. The van der Waals surface area contributed by atoms with E-state index in [1.54, 1.807) is 0 Å². The Hall–Kier alpha value is -1.92. The predicted molar refractivity (Wildman–Crippen MR) is 81.7 cm³/mol. The van der Waals surface area contributed by atoms with Gasteiger partial charge in [-0.15, -0.1) is 0 Å². The summed E-state index contributed by atoms with van der Waals surface area (Å²) < 4.78 is 4.57. The molecule has 1 amide bonds. The number of ether oxygens (including phenoxy) is 1. The molecule has 116 valence electrons. The van der Waals surface area contributed by atoms with E-state index in [1.807, 2.05) is 36.2 Å². The first-order chi connectivity index (χ1) is 10.0. The van der Waals surface area contributed by atoms with Crippen LogP contribution in [0.15, 0.2) is 24.3 Å². The Morgan fingerprint density at radius 1 is 1.38 bits per heavy atom. The van der Waals surface area contributed by atoms with Gasteiger partial charge < -0.3 is 15.8 Å². The van der Waals surface area contributed by atoms with Crippen molar-refractivity contribution in [3.8, 4) is 0 Å². The summed E-state index contributed by atoms with van der Waals surface area (Å²) in [6, 6.07) is 7.45. The number of esters is 1. The van der Waals surface area contributed by atoms with Crippen LogP contribution in [0.3, 0.4) is 0 Å². The number of benzene rings is 1. The van der Waals surface area contributed by atoms with Crippen molar-refractivity contribution in [3.05, 3.63) is 29.8 Å². The molecule has 1 rings (SSSR count). The summed E-state index contributed by atoms with van der Waals surface area (Å²) in [5.41, 5.74) is 7.28. The Morgan fingerprint density at radius 2 is 2.14 bits per heavy atom. The zero-order chi connectivity index (χ0) is 15.7. The van der Waals surface area contributed by atoms with Crippen molar-refractivity contribution in [3.63, 3.8) is 0 Å². The summed E-state index contributed by atoms with van der Waals surface area (Å²) in [6.45, 7) is 1.37. The van der Waals surface area contributed by atoms with Crippen molar-refractivity contribution >= 4 is 17.6 Å². The highest BCUT2D eigenvalue weighted by molar-refractivity contribution is 5.92. The highest BCUT2D eigenvalue weighted by Crippen LogP contribution is 2.10. The van der Waals surface area contributed by atoms with Gasteiger partial charge in [-0.2, -0.15) is 0 Å². The quantitative estimate of drug-likeness (QED) is 0.698. The molecule has 1 aromatic rings. The predicted octanol–water partition coefficient (Wildman–Crippen LogP) is 0.969. The minimum Gasteiger partial charge on any atom is -0.469 e. The van der Waals surface area contributed by atoms with Crippen molar-refractivity contribution in [1.29, 1.82) is 0 Å². The number of nitrogens with two attached hydrogens (primary N) is 1. The lowest BCUT2D eigenvalue weighted by Crippen LogP contribution is -2.31. The van der Waals surface area contributed by atoms with Crippen molar-refractivity contribution in [1.82, 2.24) is 4.90 Å². The standard InChI is InChI=1S/C15H23N3O3/c1-18(8-4-7-15(20)21-2)11-14(19)17-13-6-3-5-12(9-13)10-16/h3,5-6,9H,4,7-8,10-11,16H2,1-2H3,(H,17,19). The van der Waals surface area contributed by atoms with Gasteiger partial charge in [-0.1, -0.05) is 12.1 Å². The molecule has 1 aromatic carbocycles. The van der Waals surface area contributed by atoms with E-state index < -0.39 is 0 Å². The van der Waals surface area contributed by atoms with Gasteiger partial charge in [-0.3, -0.25) is 14.5 Å². The van der Waals surface area contributed by atoms with Gasteiger partial charge in [0.05, 0.1) is 13.7 Å². The van der Waals surface area contributed by atoms with Crippen molar-refractivity contribution in [2.24, 2.45) is 5.73 Å². The fourth-order valence-electron chi connectivity index (χ4n) is 1.90. The second kappa shape index (κ2) is 9.10. The molecule has 0 heterocycles. The number of likely N-dealkylation sites (N-methyl/N-ethyl adjacent to an activating group) is 1. The Labute approximate surface area is 125 Å². The second-order valence-electron chi connectivity index (χ2n) is 4.87. The van der Waals surface area contributed by atoms with Gasteiger partial charge in [0.25, 0.3) is 0 Å². The molecule has 3 N–H and O–H groups in total. The lowest BCUT2D eigenvalue weighted by Gasteiger charge is -2.16. The van der Waals surface area contributed by atoms with Crippen LogP contribution in [0.2, 0.25) is 0 Å². The molecule has 0 fully saturated rings. The lowest BCUT2D eigenvalue weighted by atomic mass is 10.2. The minimum absolute atomic E-state index is 0.0928. The number of hydrogen-bond donors (Lipinski definition) is 2. The molecule has 0 unspecified atom stereocenters. The Balaban J connectivity index is 2.33. The van der Waals surface area contributed by atoms with E-state index in [2.05, 4.69) is 10.1 Å². The largest absolute Gasteiger partial charge is 0.469 e. The average Bonchev–Trinajstić information content (AvgIpc) is 2.46. The maximum absolute atomic E-state index is 11.9. The fraction of sp³-hybridized carbons (Fsp3) is 0.467. The maximum atomic E-state index is 11.9. The van der Waals surface area contributed by atoms with Crippen molar-refractivity contribution in [2.75, 3.05) is 32.6 Å². The molecule has 21 heavy (non-hydrogen) atoms. The highest BCUT2D eigenvalue weighted by atomic mass is 16.5. The van der Waals surface area contributed by atoms with Crippen LogP contribution in [0.1, 0.15) is 18.4 Å². The van der Waals surface area contributed by atoms with Crippen LogP contribution in [0, 0.1) is 0 Å². The number of carbonyl (C=O) groups is 2. The van der Waals surface area contributed by atoms with Crippen LogP contribution < -0.4 is 11.1 Å². The molecule has 0 aromatic heterocycles. The van der Waals surface area contributed by atoms with E-state index >= 15 is 0 Å². The molecule has 0 atom stereocenters. The summed E-state index contributed by atoms with van der Waals surface area (Å²) in [7, 11) is 3.21. The molecule has 0 saturated carbocycles. The van der Waals surface area contributed by atoms with Crippen LogP contribution in [-0.4, -0.2) is 44.0 Å².